The third-order valence-corrected chi connectivity index (χ3v) is 3.86. The first kappa shape index (κ1) is 16.0. The van der Waals surface area contributed by atoms with Crippen LogP contribution in [0.3, 0.4) is 0 Å². The molecule has 0 saturated heterocycles. The topological polar surface area (TPSA) is 82.6 Å². The van der Waals surface area contributed by atoms with Gasteiger partial charge in [-0.3, -0.25) is 4.79 Å². The molecule has 1 aromatic heterocycles. The van der Waals surface area contributed by atoms with E-state index in [-0.39, 0.29) is 5.91 Å². The number of hydrogen-bond donors (Lipinski definition) is 1. The number of carbonyl (C=O) groups is 1. The van der Waals surface area contributed by atoms with Gasteiger partial charge in [0.2, 0.25) is 5.75 Å². The zero-order valence-electron chi connectivity index (χ0n) is 12.8. The summed E-state index contributed by atoms with van der Waals surface area (Å²) in [6, 6.07) is 3.58. The summed E-state index contributed by atoms with van der Waals surface area (Å²) in [5.74, 6) is 1.40. The highest BCUT2D eigenvalue weighted by atomic mass is 32.1. The summed E-state index contributed by atoms with van der Waals surface area (Å²) in [6.07, 6.45) is 0. The number of aromatic nitrogens is 2. The number of nitrogens with one attached hydrogen (secondary N) is 1. The lowest BCUT2D eigenvalue weighted by molar-refractivity contribution is 0.0954. The second-order valence-electron chi connectivity index (χ2n) is 4.40. The molecule has 0 aliphatic carbocycles. The first-order valence-corrected chi connectivity index (χ1v) is 7.24. The molecule has 2 rings (SSSR count). The number of ether oxygens (including phenoxy) is 3. The van der Waals surface area contributed by atoms with Crippen LogP contribution in [0.1, 0.15) is 20.9 Å². The maximum absolute atomic E-state index is 12.1. The average molecular weight is 323 g/mol. The molecule has 0 radical (unpaired) electrons. The Bertz CT molecular complexity index is 647. The molecule has 1 heterocycles. The Hall–Kier alpha value is -2.35. The number of nitrogens with zero attached hydrogens (tertiary/aromatic N) is 2. The van der Waals surface area contributed by atoms with Gasteiger partial charge < -0.3 is 19.5 Å². The standard InChI is InChI=1S/C14H17N3O4S/c1-8-13(22-17-16-8)14(18)15-7-9-5-10(19-2)12(21-4)11(6-9)20-3/h5-6H,7H2,1-4H3,(H,15,18). The number of aryl methyl sites for hydroxylation is 1. The van der Waals surface area contributed by atoms with E-state index in [1.807, 2.05) is 0 Å². The lowest BCUT2D eigenvalue weighted by atomic mass is 10.1. The van der Waals surface area contributed by atoms with Crippen LogP contribution in [-0.2, 0) is 6.54 Å². The molecule has 0 saturated carbocycles. The Balaban J connectivity index is 2.16. The maximum atomic E-state index is 12.1. The Morgan fingerprint density at radius 3 is 2.27 bits per heavy atom. The first-order chi connectivity index (χ1) is 10.6. The minimum atomic E-state index is -0.207. The van der Waals surface area contributed by atoms with Crippen LogP contribution in [0.15, 0.2) is 12.1 Å². The summed E-state index contributed by atoms with van der Waals surface area (Å²) in [6.45, 7) is 2.07. The fourth-order valence-electron chi connectivity index (χ4n) is 1.94. The Morgan fingerprint density at radius 2 is 1.82 bits per heavy atom. The second kappa shape index (κ2) is 7.08. The van der Waals surface area contributed by atoms with E-state index >= 15 is 0 Å². The third-order valence-electron chi connectivity index (χ3n) is 3.04. The van der Waals surface area contributed by atoms with Gasteiger partial charge in [-0.05, 0) is 36.2 Å². The molecular formula is C14H17N3O4S. The summed E-state index contributed by atoms with van der Waals surface area (Å²) < 4.78 is 19.6. The molecule has 0 aliphatic rings. The summed E-state index contributed by atoms with van der Waals surface area (Å²) in [4.78, 5) is 12.6. The van der Waals surface area contributed by atoms with Crippen LogP contribution >= 0.6 is 11.5 Å². The number of amides is 1. The lowest BCUT2D eigenvalue weighted by Gasteiger charge is -2.14. The van der Waals surface area contributed by atoms with Crippen LogP contribution < -0.4 is 19.5 Å². The zero-order valence-corrected chi connectivity index (χ0v) is 13.6. The number of benzene rings is 1. The van der Waals surface area contributed by atoms with E-state index < -0.39 is 0 Å². The molecule has 0 fully saturated rings. The quantitative estimate of drug-likeness (QED) is 0.873. The molecule has 8 heteroatoms. The van der Waals surface area contributed by atoms with Crippen molar-refractivity contribution in [1.29, 1.82) is 0 Å². The van der Waals surface area contributed by atoms with E-state index in [1.165, 1.54) is 0 Å². The molecule has 7 nitrogen and oxygen atoms in total. The monoisotopic (exact) mass is 323 g/mol. The van der Waals surface area contributed by atoms with E-state index in [4.69, 9.17) is 14.2 Å². The molecule has 118 valence electrons. The molecule has 0 unspecified atom stereocenters. The third kappa shape index (κ3) is 3.28. The summed E-state index contributed by atoms with van der Waals surface area (Å²) in [7, 11) is 4.64. The summed E-state index contributed by atoms with van der Waals surface area (Å²) >= 11 is 1.07. The molecule has 0 atom stereocenters. The molecule has 2 aromatic rings. The highest BCUT2D eigenvalue weighted by molar-refractivity contribution is 7.07. The number of rotatable bonds is 6. The van der Waals surface area contributed by atoms with E-state index in [0.717, 1.165) is 17.1 Å². The van der Waals surface area contributed by atoms with Gasteiger partial charge >= 0.3 is 0 Å². The van der Waals surface area contributed by atoms with Crippen molar-refractivity contribution in [2.45, 2.75) is 13.5 Å². The highest BCUT2D eigenvalue weighted by Crippen LogP contribution is 2.38. The molecule has 22 heavy (non-hydrogen) atoms. The Morgan fingerprint density at radius 1 is 1.18 bits per heavy atom. The molecule has 1 aromatic carbocycles. The van der Waals surface area contributed by atoms with Crippen molar-refractivity contribution >= 4 is 17.4 Å². The highest BCUT2D eigenvalue weighted by Gasteiger charge is 2.15. The van der Waals surface area contributed by atoms with Crippen molar-refractivity contribution < 1.29 is 19.0 Å². The maximum Gasteiger partial charge on any atom is 0.265 e. The van der Waals surface area contributed by atoms with Crippen molar-refractivity contribution in [2.24, 2.45) is 0 Å². The van der Waals surface area contributed by atoms with Crippen molar-refractivity contribution in [1.82, 2.24) is 14.9 Å². The lowest BCUT2D eigenvalue weighted by Crippen LogP contribution is -2.22. The SMILES string of the molecule is COc1cc(CNC(=O)c2snnc2C)cc(OC)c1OC. The van der Waals surface area contributed by atoms with Gasteiger partial charge in [-0.2, -0.15) is 0 Å². The predicted molar refractivity (Wildman–Crippen MR) is 81.9 cm³/mol. The van der Waals surface area contributed by atoms with Crippen LogP contribution in [0.2, 0.25) is 0 Å². The van der Waals surface area contributed by atoms with E-state index in [0.29, 0.717) is 34.4 Å². The predicted octanol–water partition coefficient (Wildman–Crippen LogP) is 1.80. The fourth-order valence-corrected chi connectivity index (χ4v) is 2.51. The van der Waals surface area contributed by atoms with Gasteiger partial charge in [0.1, 0.15) is 4.88 Å². The van der Waals surface area contributed by atoms with Gasteiger partial charge in [-0.1, -0.05) is 4.49 Å². The zero-order chi connectivity index (χ0) is 16.1. The minimum Gasteiger partial charge on any atom is -0.493 e. The van der Waals surface area contributed by atoms with Crippen molar-refractivity contribution in [3.63, 3.8) is 0 Å². The fraction of sp³-hybridized carbons (Fsp3) is 0.357. The van der Waals surface area contributed by atoms with Gasteiger partial charge in [0, 0.05) is 6.54 Å². The molecule has 0 aliphatic heterocycles. The smallest absolute Gasteiger partial charge is 0.265 e. The summed E-state index contributed by atoms with van der Waals surface area (Å²) in [5, 5.41) is 6.64. The van der Waals surface area contributed by atoms with Crippen LogP contribution in [0.25, 0.3) is 0 Å². The van der Waals surface area contributed by atoms with Crippen LogP contribution in [0, 0.1) is 6.92 Å². The largest absolute Gasteiger partial charge is 0.493 e. The summed E-state index contributed by atoms with van der Waals surface area (Å²) in [5.41, 5.74) is 1.45. The minimum absolute atomic E-state index is 0.207. The van der Waals surface area contributed by atoms with Crippen molar-refractivity contribution in [2.75, 3.05) is 21.3 Å². The van der Waals surface area contributed by atoms with Gasteiger partial charge in [-0.15, -0.1) is 5.10 Å². The van der Waals surface area contributed by atoms with Gasteiger partial charge in [0.05, 0.1) is 27.0 Å². The normalized spacial score (nSPS) is 10.2. The van der Waals surface area contributed by atoms with E-state index in [2.05, 4.69) is 14.9 Å². The van der Waals surface area contributed by atoms with Crippen molar-refractivity contribution in [3.05, 3.63) is 28.3 Å². The van der Waals surface area contributed by atoms with Gasteiger partial charge in [0.25, 0.3) is 5.91 Å². The van der Waals surface area contributed by atoms with Crippen molar-refractivity contribution in [3.8, 4) is 17.2 Å². The molecular weight excluding hydrogens is 306 g/mol. The van der Waals surface area contributed by atoms with Gasteiger partial charge in [-0.25, -0.2) is 0 Å². The molecule has 0 spiro atoms. The van der Waals surface area contributed by atoms with Crippen LogP contribution in [-0.4, -0.2) is 36.8 Å². The molecule has 0 bridgehead atoms. The average Bonchev–Trinajstić information content (AvgIpc) is 2.97. The first-order valence-electron chi connectivity index (χ1n) is 6.46. The van der Waals surface area contributed by atoms with Gasteiger partial charge in [0.15, 0.2) is 11.5 Å². The molecule has 1 amide bonds. The Labute approximate surface area is 132 Å². The number of hydrogen-bond acceptors (Lipinski definition) is 7. The van der Waals surface area contributed by atoms with Crippen LogP contribution in [0.4, 0.5) is 0 Å². The Kier molecular flexibility index (Phi) is 5.16. The number of carbonyl (C=O) groups excluding carboxylic acids is 1. The van der Waals surface area contributed by atoms with E-state index in [9.17, 15) is 4.79 Å². The second-order valence-corrected chi connectivity index (χ2v) is 5.16. The number of methoxy groups -OCH3 is 3. The molecule has 1 N–H and O–H groups in total. The van der Waals surface area contributed by atoms with Crippen LogP contribution in [0.5, 0.6) is 17.2 Å². The van der Waals surface area contributed by atoms with E-state index in [1.54, 1.807) is 40.4 Å².